The molecule has 0 saturated carbocycles. The standard InChI is InChI=1S/C94H86O18/c1-3-93(59-103-60-93)57-101-49-13-5-7-15-51-105-75-37-25-65(26-38-75)87(95)107-77-41-29-67(30-42-77)89(97)109-79-45-33-69-53-73(23-21-71(69)55-79)91(99)111-83-47-35-63-17-9-11-19-81(63)85(83)86-82-20-12-10-18-64(82)36-48-84(86)112-92(100)74-24-22-72-56-80(46-34-70(72)54-74)110-90(98)68-31-43-78(44-32-68)108-88(96)66-27-39-76(40-28-66)106-52-16-8-6-14-50-102-58-94(4-2)61-104-62-94/h9-12,17-48,53-56H,3-8,13-16,49-52,57-62H2,1-2H3. The highest BCUT2D eigenvalue weighted by Gasteiger charge is 2.38. The number of hydrogen-bond donors (Lipinski definition) is 0. The maximum Gasteiger partial charge on any atom is 0.343 e. The third-order valence-electron chi connectivity index (χ3n) is 20.6. The van der Waals surface area contributed by atoms with Crippen molar-refractivity contribution in [2.45, 2.75) is 78.1 Å². The highest BCUT2D eigenvalue weighted by atomic mass is 16.6. The summed E-state index contributed by atoms with van der Waals surface area (Å²) in [4.78, 5) is 82.0. The molecule has 0 N–H and O–H groups in total. The van der Waals surface area contributed by atoms with Crippen LogP contribution in [0.2, 0.25) is 0 Å². The molecule has 12 aromatic rings. The second kappa shape index (κ2) is 36.2. The van der Waals surface area contributed by atoms with E-state index in [-0.39, 0.29) is 67.6 Å². The minimum atomic E-state index is -0.650. The Bertz CT molecular complexity index is 5010. The Balaban J connectivity index is 0.563. The van der Waals surface area contributed by atoms with Crippen LogP contribution in [-0.2, 0) is 18.9 Å². The summed E-state index contributed by atoms with van der Waals surface area (Å²) in [5.41, 5.74) is 3.11. The molecule has 0 spiro atoms. The smallest absolute Gasteiger partial charge is 0.343 e. The number of fused-ring (bicyclic) bond motifs is 4. The zero-order valence-corrected chi connectivity index (χ0v) is 62.6. The van der Waals surface area contributed by atoms with E-state index in [1.54, 1.807) is 133 Å². The van der Waals surface area contributed by atoms with Crippen molar-refractivity contribution >= 4 is 78.9 Å². The molecular weight excluding hydrogens is 1420 g/mol. The van der Waals surface area contributed by atoms with E-state index >= 15 is 0 Å². The van der Waals surface area contributed by atoms with Crippen LogP contribution in [0.25, 0.3) is 54.2 Å². The van der Waals surface area contributed by atoms with E-state index in [0.717, 1.165) is 139 Å². The minimum Gasteiger partial charge on any atom is -0.494 e. The van der Waals surface area contributed by atoms with E-state index in [1.807, 2.05) is 60.7 Å². The molecule has 570 valence electrons. The lowest BCUT2D eigenvalue weighted by atomic mass is 9.84. The monoisotopic (exact) mass is 1500 g/mol. The second-order valence-corrected chi connectivity index (χ2v) is 28.5. The first-order valence-corrected chi connectivity index (χ1v) is 38.2. The number of hydrogen-bond acceptors (Lipinski definition) is 18. The lowest BCUT2D eigenvalue weighted by Crippen LogP contribution is -2.45. The molecule has 0 unspecified atom stereocenters. The van der Waals surface area contributed by atoms with Crippen molar-refractivity contribution in [3.63, 3.8) is 0 Å². The summed E-state index contributed by atoms with van der Waals surface area (Å²) in [7, 11) is 0. The number of carbonyl (C=O) groups excluding carboxylic acids is 6. The maximum absolute atomic E-state index is 14.5. The molecule has 12 aromatic carbocycles. The lowest BCUT2D eigenvalue weighted by molar-refractivity contribution is -0.150. The van der Waals surface area contributed by atoms with Crippen LogP contribution < -0.4 is 37.9 Å². The van der Waals surface area contributed by atoms with Gasteiger partial charge in [0.15, 0.2) is 0 Å². The number of carbonyl (C=O) groups is 6. The van der Waals surface area contributed by atoms with E-state index < -0.39 is 35.8 Å². The molecule has 2 saturated heterocycles. The van der Waals surface area contributed by atoms with Crippen LogP contribution in [0.4, 0.5) is 0 Å². The van der Waals surface area contributed by atoms with Gasteiger partial charge in [0.25, 0.3) is 0 Å². The van der Waals surface area contributed by atoms with Crippen molar-refractivity contribution in [3.8, 4) is 57.1 Å². The molecule has 2 fully saturated rings. The second-order valence-electron chi connectivity index (χ2n) is 28.5. The van der Waals surface area contributed by atoms with Crippen LogP contribution in [0.1, 0.15) is 140 Å². The first kappa shape index (κ1) is 76.7. The highest BCUT2D eigenvalue weighted by Crippen LogP contribution is 2.47. The summed E-state index contributed by atoms with van der Waals surface area (Å²) >= 11 is 0. The molecule has 18 nitrogen and oxygen atoms in total. The van der Waals surface area contributed by atoms with E-state index in [9.17, 15) is 28.8 Å². The molecule has 0 amide bonds. The van der Waals surface area contributed by atoms with Gasteiger partial charge in [-0.05, 0) is 252 Å². The topological polar surface area (TPSA) is 213 Å². The molecule has 2 aliphatic heterocycles. The largest absolute Gasteiger partial charge is 0.494 e. The van der Waals surface area contributed by atoms with Gasteiger partial charge in [0.1, 0.15) is 46.0 Å². The van der Waals surface area contributed by atoms with E-state index in [0.29, 0.717) is 68.5 Å². The third-order valence-corrected chi connectivity index (χ3v) is 20.6. The highest BCUT2D eigenvalue weighted by molar-refractivity contribution is 6.12. The first-order valence-electron chi connectivity index (χ1n) is 38.2. The fraction of sp³-hybridized carbons (Fsp3) is 0.255. The quantitative estimate of drug-likeness (QED) is 0.0205. The van der Waals surface area contributed by atoms with Gasteiger partial charge in [-0.15, -0.1) is 0 Å². The SMILES string of the molecule is CCC1(COCCCCCCOc2ccc(C(=O)Oc3ccc(C(=O)Oc4ccc5cc(C(=O)Oc6ccc7ccccc7c6-c6c(OC(=O)c7ccc8cc(OC(=O)c9ccc(OC(=O)c%10ccc(OCCCCCCOCC%11(CC)COC%11)cc%10)cc9)ccc8c7)ccc7ccccc67)ccc5c4)cc3)cc2)COC1. The fourth-order valence-corrected chi connectivity index (χ4v) is 13.5. The Hall–Kier alpha value is -12.1. The van der Waals surface area contributed by atoms with Gasteiger partial charge in [-0.2, -0.15) is 0 Å². The number of unbranched alkanes of at least 4 members (excludes halogenated alkanes) is 6. The Morgan fingerprint density at radius 3 is 0.938 bits per heavy atom. The van der Waals surface area contributed by atoms with Crippen molar-refractivity contribution in [2.75, 3.05) is 66.1 Å². The van der Waals surface area contributed by atoms with Crippen LogP contribution >= 0.6 is 0 Å². The molecule has 2 heterocycles. The van der Waals surface area contributed by atoms with Crippen LogP contribution in [0.3, 0.4) is 0 Å². The van der Waals surface area contributed by atoms with E-state index in [1.165, 1.54) is 48.5 Å². The average Bonchev–Trinajstić information content (AvgIpc) is 0.748. The normalized spacial score (nSPS) is 13.3. The van der Waals surface area contributed by atoms with Gasteiger partial charge in [0.2, 0.25) is 0 Å². The van der Waals surface area contributed by atoms with Gasteiger partial charge in [-0.25, -0.2) is 28.8 Å². The summed E-state index contributed by atoms with van der Waals surface area (Å²) in [5.74, 6) is -0.891. The summed E-state index contributed by atoms with van der Waals surface area (Å²) in [5, 5.41) is 5.88. The van der Waals surface area contributed by atoms with Crippen molar-refractivity contribution < 1.29 is 85.6 Å². The molecule has 112 heavy (non-hydrogen) atoms. The molecule has 0 aliphatic carbocycles. The molecule has 2 aliphatic rings. The molecule has 14 rings (SSSR count). The van der Waals surface area contributed by atoms with Crippen LogP contribution in [-0.4, -0.2) is 102 Å². The Morgan fingerprint density at radius 1 is 0.286 bits per heavy atom. The molecule has 0 aromatic heterocycles. The summed E-state index contributed by atoms with van der Waals surface area (Å²) in [6.45, 7) is 11.7. The number of ether oxygens (including phenoxy) is 12. The van der Waals surface area contributed by atoms with Gasteiger partial charge >= 0.3 is 35.8 Å². The third kappa shape index (κ3) is 19.0. The van der Waals surface area contributed by atoms with Crippen molar-refractivity contribution in [1.82, 2.24) is 0 Å². The molecule has 0 atom stereocenters. The Labute approximate surface area is 649 Å². The Kier molecular flexibility index (Phi) is 24.8. The predicted molar refractivity (Wildman–Crippen MR) is 427 cm³/mol. The number of benzene rings is 12. The van der Waals surface area contributed by atoms with Gasteiger partial charge in [0.05, 0.1) is 86.2 Å². The van der Waals surface area contributed by atoms with Gasteiger partial charge in [-0.1, -0.05) is 112 Å². The summed E-state index contributed by atoms with van der Waals surface area (Å²) < 4.78 is 70.0. The maximum atomic E-state index is 14.5. The van der Waals surface area contributed by atoms with Crippen LogP contribution in [0, 0.1) is 10.8 Å². The van der Waals surface area contributed by atoms with Crippen molar-refractivity contribution in [2.24, 2.45) is 10.8 Å². The van der Waals surface area contributed by atoms with Crippen molar-refractivity contribution in [1.29, 1.82) is 0 Å². The Morgan fingerprint density at radius 2 is 0.580 bits per heavy atom. The van der Waals surface area contributed by atoms with E-state index in [2.05, 4.69) is 13.8 Å². The van der Waals surface area contributed by atoms with Gasteiger partial charge in [-0.3, -0.25) is 0 Å². The number of esters is 6. The van der Waals surface area contributed by atoms with Crippen molar-refractivity contribution in [3.05, 3.63) is 276 Å². The molecular formula is C94H86O18. The fourth-order valence-electron chi connectivity index (χ4n) is 13.5. The lowest BCUT2D eigenvalue weighted by Gasteiger charge is -2.40. The van der Waals surface area contributed by atoms with Crippen LogP contribution in [0.15, 0.2) is 243 Å². The van der Waals surface area contributed by atoms with E-state index in [4.69, 9.17) is 56.8 Å². The predicted octanol–water partition coefficient (Wildman–Crippen LogP) is 20.0. The molecule has 0 radical (unpaired) electrons. The average molecular weight is 1500 g/mol. The molecule has 0 bridgehead atoms. The summed E-state index contributed by atoms with van der Waals surface area (Å²) in [6, 6.07) is 68.6. The number of rotatable bonds is 35. The first-order chi connectivity index (χ1) is 54.8. The zero-order valence-electron chi connectivity index (χ0n) is 62.6. The molecule has 18 heteroatoms. The van der Waals surface area contributed by atoms with Gasteiger partial charge < -0.3 is 56.8 Å². The minimum absolute atomic E-state index is 0.210. The van der Waals surface area contributed by atoms with Gasteiger partial charge in [0, 0.05) is 35.2 Å². The zero-order chi connectivity index (χ0) is 77.2. The summed E-state index contributed by atoms with van der Waals surface area (Å²) in [6.07, 6.45) is 10.2. The van der Waals surface area contributed by atoms with Crippen LogP contribution in [0.5, 0.6) is 46.0 Å².